The average molecular weight is 389 g/mol. The van der Waals surface area contributed by atoms with Crippen molar-refractivity contribution in [1.82, 2.24) is 4.90 Å². The van der Waals surface area contributed by atoms with Gasteiger partial charge in [-0.3, -0.25) is 4.79 Å². The van der Waals surface area contributed by atoms with E-state index >= 15 is 0 Å². The third-order valence-corrected chi connectivity index (χ3v) is 5.06. The molecule has 1 atom stereocenters. The van der Waals surface area contributed by atoms with E-state index in [0.717, 1.165) is 23.8 Å². The van der Waals surface area contributed by atoms with Crippen molar-refractivity contribution in [2.75, 3.05) is 38.2 Å². The summed E-state index contributed by atoms with van der Waals surface area (Å²) in [6.07, 6.45) is -0.569. The van der Waals surface area contributed by atoms with E-state index in [4.69, 9.17) is 21.1 Å². The molecule has 5 nitrogen and oxygen atoms in total. The lowest BCUT2D eigenvalue weighted by Gasteiger charge is -2.37. The van der Waals surface area contributed by atoms with Crippen LogP contribution in [0.2, 0.25) is 5.02 Å². The first-order chi connectivity index (χ1) is 13.0. The second-order valence-corrected chi connectivity index (χ2v) is 7.09. The van der Waals surface area contributed by atoms with Crippen molar-refractivity contribution in [2.24, 2.45) is 0 Å². The number of methoxy groups -OCH3 is 1. The molecule has 0 spiro atoms. The molecule has 0 radical (unpaired) electrons. The summed E-state index contributed by atoms with van der Waals surface area (Å²) in [5, 5.41) is 0.730. The minimum Gasteiger partial charge on any atom is -0.493 e. The molecule has 1 aliphatic heterocycles. The molecule has 144 valence electrons. The Morgan fingerprint density at radius 2 is 1.74 bits per heavy atom. The van der Waals surface area contributed by atoms with Gasteiger partial charge in [-0.05, 0) is 43.7 Å². The zero-order valence-corrected chi connectivity index (χ0v) is 16.7. The van der Waals surface area contributed by atoms with E-state index in [-0.39, 0.29) is 5.91 Å². The van der Waals surface area contributed by atoms with Gasteiger partial charge in [0, 0.05) is 36.9 Å². The van der Waals surface area contributed by atoms with Crippen LogP contribution in [0.1, 0.15) is 12.5 Å². The van der Waals surface area contributed by atoms with E-state index in [1.807, 2.05) is 47.4 Å². The Bertz CT molecular complexity index is 804. The Kier molecular flexibility index (Phi) is 6.11. The largest absolute Gasteiger partial charge is 0.493 e. The lowest BCUT2D eigenvalue weighted by molar-refractivity contribution is -0.138. The molecule has 1 unspecified atom stereocenters. The highest BCUT2D eigenvalue weighted by molar-refractivity contribution is 6.30. The van der Waals surface area contributed by atoms with E-state index in [1.165, 1.54) is 5.56 Å². The number of para-hydroxylation sites is 2. The second-order valence-electron chi connectivity index (χ2n) is 6.65. The molecule has 0 N–H and O–H groups in total. The summed E-state index contributed by atoms with van der Waals surface area (Å²) in [5.74, 6) is 1.19. The van der Waals surface area contributed by atoms with Gasteiger partial charge in [0.05, 0.1) is 7.11 Å². The Hall–Kier alpha value is -2.40. The van der Waals surface area contributed by atoms with Crippen LogP contribution in [0.15, 0.2) is 42.5 Å². The van der Waals surface area contributed by atoms with Crippen molar-refractivity contribution in [2.45, 2.75) is 20.0 Å². The van der Waals surface area contributed by atoms with Crippen LogP contribution in [0, 0.1) is 6.92 Å². The summed E-state index contributed by atoms with van der Waals surface area (Å²) in [6, 6.07) is 13.3. The zero-order chi connectivity index (χ0) is 19.4. The predicted molar refractivity (Wildman–Crippen MR) is 108 cm³/mol. The molecule has 1 aliphatic rings. The van der Waals surface area contributed by atoms with Crippen LogP contribution in [0.3, 0.4) is 0 Å². The third kappa shape index (κ3) is 4.48. The Morgan fingerprint density at radius 1 is 1.07 bits per heavy atom. The summed E-state index contributed by atoms with van der Waals surface area (Å²) in [4.78, 5) is 16.9. The first-order valence-electron chi connectivity index (χ1n) is 9.09. The number of rotatable bonds is 5. The monoisotopic (exact) mass is 388 g/mol. The average Bonchev–Trinajstić information content (AvgIpc) is 2.69. The van der Waals surface area contributed by atoms with Crippen molar-refractivity contribution in [3.63, 3.8) is 0 Å². The second kappa shape index (κ2) is 8.53. The molecular formula is C21H25ClN2O3. The fourth-order valence-electron chi connectivity index (χ4n) is 3.31. The number of hydrogen-bond acceptors (Lipinski definition) is 4. The number of piperazine rings is 1. The molecule has 6 heteroatoms. The minimum atomic E-state index is -0.569. The number of anilines is 1. The van der Waals surface area contributed by atoms with Gasteiger partial charge >= 0.3 is 0 Å². The van der Waals surface area contributed by atoms with E-state index in [1.54, 1.807) is 14.0 Å². The van der Waals surface area contributed by atoms with Gasteiger partial charge in [-0.2, -0.15) is 0 Å². The summed E-state index contributed by atoms with van der Waals surface area (Å²) in [5.41, 5.74) is 2.32. The summed E-state index contributed by atoms with van der Waals surface area (Å²) in [6.45, 7) is 6.71. The number of aryl methyl sites for hydroxylation is 1. The molecule has 1 fully saturated rings. The molecule has 0 bridgehead atoms. The lowest BCUT2D eigenvalue weighted by atomic mass is 10.1. The van der Waals surface area contributed by atoms with Crippen molar-refractivity contribution < 1.29 is 14.3 Å². The van der Waals surface area contributed by atoms with Gasteiger partial charge in [-0.1, -0.05) is 29.8 Å². The molecule has 1 saturated heterocycles. The molecule has 2 aromatic rings. The maximum absolute atomic E-state index is 12.8. The fourth-order valence-corrected chi connectivity index (χ4v) is 3.47. The SMILES string of the molecule is COc1ccccc1OC(C)C(=O)N1CCN(c2cc(Cl)ccc2C)CC1. The number of halogens is 1. The Morgan fingerprint density at radius 3 is 2.41 bits per heavy atom. The first-order valence-corrected chi connectivity index (χ1v) is 9.47. The van der Waals surface area contributed by atoms with E-state index in [0.29, 0.717) is 24.6 Å². The van der Waals surface area contributed by atoms with Gasteiger partial charge < -0.3 is 19.3 Å². The first kappa shape index (κ1) is 19.4. The normalized spacial score (nSPS) is 15.4. The summed E-state index contributed by atoms with van der Waals surface area (Å²) in [7, 11) is 1.59. The van der Waals surface area contributed by atoms with Gasteiger partial charge in [0.1, 0.15) is 0 Å². The van der Waals surface area contributed by atoms with Crippen LogP contribution in [0.4, 0.5) is 5.69 Å². The van der Waals surface area contributed by atoms with Crippen LogP contribution >= 0.6 is 11.6 Å². The Labute approximate surface area is 165 Å². The number of amides is 1. The molecule has 2 aromatic carbocycles. The maximum Gasteiger partial charge on any atom is 0.263 e. The van der Waals surface area contributed by atoms with Crippen LogP contribution in [0.25, 0.3) is 0 Å². The van der Waals surface area contributed by atoms with E-state index in [9.17, 15) is 4.79 Å². The van der Waals surface area contributed by atoms with Crippen LogP contribution in [-0.4, -0.2) is 50.2 Å². The number of ether oxygens (including phenoxy) is 2. The molecule has 0 aromatic heterocycles. The van der Waals surface area contributed by atoms with Gasteiger partial charge in [0.2, 0.25) is 0 Å². The summed E-state index contributed by atoms with van der Waals surface area (Å²) >= 11 is 6.14. The highest BCUT2D eigenvalue weighted by Crippen LogP contribution is 2.28. The van der Waals surface area contributed by atoms with Gasteiger partial charge in [0.15, 0.2) is 17.6 Å². The van der Waals surface area contributed by atoms with Crippen molar-refractivity contribution in [3.8, 4) is 11.5 Å². The molecule has 27 heavy (non-hydrogen) atoms. The predicted octanol–water partition coefficient (Wildman–Crippen LogP) is 3.77. The standard InChI is InChI=1S/C21H25ClN2O3/c1-15-8-9-17(22)14-18(15)23-10-12-24(13-11-23)21(25)16(2)27-20-7-5-4-6-19(20)26-3/h4-9,14,16H,10-13H2,1-3H3. The van der Waals surface area contributed by atoms with Gasteiger partial charge in [-0.25, -0.2) is 0 Å². The smallest absolute Gasteiger partial charge is 0.263 e. The topological polar surface area (TPSA) is 42.0 Å². The molecule has 0 aliphatic carbocycles. The molecule has 3 rings (SSSR count). The van der Waals surface area contributed by atoms with Crippen molar-refractivity contribution in [1.29, 1.82) is 0 Å². The van der Waals surface area contributed by atoms with Crippen molar-refractivity contribution in [3.05, 3.63) is 53.1 Å². The quantitative estimate of drug-likeness (QED) is 0.781. The summed E-state index contributed by atoms with van der Waals surface area (Å²) < 4.78 is 11.1. The highest BCUT2D eigenvalue weighted by Gasteiger charge is 2.27. The number of benzene rings is 2. The van der Waals surface area contributed by atoms with Gasteiger partial charge in [-0.15, -0.1) is 0 Å². The Balaban J connectivity index is 1.60. The zero-order valence-electron chi connectivity index (χ0n) is 15.9. The molecular weight excluding hydrogens is 364 g/mol. The van der Waals surface area contributed by atoms with E-state index in [2.05, 4.69) is 11.8 Å². The number of carbonyl (C=O) groups excluding carboxylic acids is 1. The lowest BCUT2D eigenvalue weighted by Crippen LogP contribution is -2.52. The minimum absolute atomic E-state index is 0.0108. The molecule has 1 heterocycles. The van der Waals surface area contributed by atoms with E-state index < -0.39 is 6.10 Å². The highest BCUT2D eigenvalue weighted by atomic mass is 35.5. The number of nitrogens with zero attached hydrogens (tertiary/aromatic N) is 2. The fraction of sp³-hybridized carbons (Fsp3) is 0.381. The number of carbonyl (C=O) groups is 1. The molecule has 0 saturated carbocycles. The van der Waals surface area contributed by atoms with Crippen LogP contribution < -0.4 is 14.4 Å². The molecule has 1 amide bonds. The van der Waals surface area contributed by atoms with Crippen molar-refractivity contribution >= 4 is 23.2 Å². The van der Waals surface area contributed by atoms with Gasteiger partial charge in [0.25, 0.3) is 5.91 Å². The number of hydrogen-bond donors (Lipinski definition) is 0. The maximum atomic E-state index is 12.8. The van der Waals surface area contributed by atoms with Crippen LogP contribution in [0.5, 0.6) is 11.5 Å². The van der Waals surface area contributed by atoms with Crippen LogP contribution in [-0.2, 0) is 4.79 Å². The third-order valence-electron chi connectivity index (χ3n) is 4.82.